The summed E-state index contributed by atoms with van der Waals surface area (Å²) in [6.45, 7) is 4.52. The molecule has 0 N–H and O–H groups in total. The van der Waals surface area contributed by atoms with Gasteiger partial charge in [0.15, 0.2) is 0 Å². The highest BCUT2D eigenvalue weighted by Gasteiger charge is 2.28. The molecule has 1 fully saturated rings. The fraction of sp³-hybridized carbons (Fsp3) is 0.476. The van der Waals surface area contributed by atoms with Crippen molar-refractivity contribution in [3.05, 3.63) is 51.9 Å². The van der Waals surface area contributed by atoms with Gasteiger partial charge < -0.3 is 14.5 Å². The standard InChI is InChI=1S/C21H26N4O3/c1-15(25-20(26)13-16-5-3-8-19(16)22-25)21(27)24-11-9-23(10-12-24)17-6-4-7-18(14-17)28-2/h4,6-7,13-15H,3,5,8-12H2,1-2H3. The average molecular weight is 382 g/mol. The number of anilines is 1. The highest BCUT2D eigenvalue weighted by atomic mass is 16.5. The van der Waals surface area contributed by atoms with E-state index in [1.165, 1.54) is 4.68 Å². The maximum Gasteiger partial charge on any atom is 0.267 e. The summed E-state index contributed by atoms with van der Waals surface area (Å²) >= 11 is 0. The third-order valence-corrected chi connectivity index (χ3v) is 5.72. The molecule has 1 aliphatic carbocycles. The summed E-state index contributed by atoms with van der Waals surface area (Å²) in [6.07, 6.45) is 2.82. The largest absolute Gasteiger partial charge is 0.497 e. The smallest absolute Gasteiger partial charge is 0.267 e. The lowest BCUT2D eigenvalue weighted by Crippen LogP contribution is -2.51. The fourth-order valence-corrected chi connectivity index (χ4v) is 4.05. The number of rotatable bonds is 4. The third kappa shape index (κ3) is 3.48. The van der Waals surface area contributed by atoms with Crippen LogP contribution in [0.3, 0.4) is 0 Å². The number of hydrogen-bond donors (Lipinski definition) is 0. The SMILES string of the molecule is COc1cccc(N2CCN(C(=O)C(C)n3nc4c(cc3=O)CCC4)CC2)c1. The number of carbonyl (C=O) groups excluding carboxylic acids is 1. The Balaban J connectivity index is 1.43. The van der Waals surface area contributed by atoms with Gasteiger partial charge >= 0.3 is 0 Å². The van der Waals surface area contributed by atoms with Crippen molar-refractivity contribution in [1.82, 2.24) is 14.7 Å². The van der Waals surface area contributed by atoms with Gasteiger partial charge in [0.1, 0.15) is 11.8 Å². The molecule has 28 heavy (non-hydrogen) atoms. The predicted molar refractivity (Wildman–Crippen MR) is 107 cm³/mol. The van der Waals surface area contributed by atoms with Crippen molar-refractivity contribution in [3.8, 4) is 5.75 Å². The zero-order chi connectivity index (χ0) is 19.7. The summed E-state index contributed by atoms with van der Waals surface area (Å²) < 4.78 is 6.66. The van der Waals surface area contributed by atoms with E-state index in [1.54, 1.807) is 20.1 Å². The van der Waals surface area contributed by atoms with Gasteiger partial charge in [0.25, 0.3) is 5.56 Å². The molecule has 148 valence electrons. The Morgan fingerprint density at radius 2 is 1.93 bits per heavy atom. The van der Waals surface area contributed by atoms with Crippen molar-refractivity contribution >= 4 is 11.6 Å². The first kappa shape index (κ1) is 18.5. The highest BCUT2D eigenvalue weighted by molar-refractivity contribution is 5.80. The minimum atomic E-state index is -0.582. The normalized spacial score (nSPS) is 17.4. The van der Waals surface area contributed by atoms with Gasteiger partial charge in [-0.05, 0) is 43.9 Å². The van der Waals surface area contributed by atoms with E-state index in [1.807, 2.05) is 23.1 Å². The van der Waals surface area contributed by atoms with Gasteiger partial charge in [-0.1, -0.05) is 6.07 Å². The van der Waals surface area contributed by atoms with E-state index in [0.29, 0.717) is 13.1 Å². The lowest BCUT2D eigenvalue weighted by Gasteiger charge is -2.37. The molecule has 2 heterocycles. The molecule has 4 rings (SSSR count). The molecule has 7 heteroatoms. The summed E-state index contributed by atoms with van der Waals surface area (Å²) in [5, 5.41) is 4.48. The number of benzene rings is 1. The van der Waals surface area contributed by atoms with Gasteiger partial charge in [-0.15, -0.1) is 0 Å². The van der Waals surface area contributed by atoms with Gasteiger partial charge in [-0.25, -0.2) is 4.68 Å². The zero-order valence-corrected chi connectivity index (χ0v) is 16.4. The van der Waals surface area contributed by atoms with E-state index in [4.69, 9.17) is 4.74 Å². The van der Waals surface area contributed by atoms with Gasteiger partial charge in [0.2, 0.25) is 5.91 Å². The minimum Gasteiger partial charge on any atom is -0.497 e. The van der Waals surface area contributed by atoms with E-state index >= 15 is 0 Å². The molecule has 2 aliphatic rings. The van der Waals surface area contributed by atoms with Crippen molar-refractivity contribution in [3.63, 3.8) is 0 Å². The minimum absolute atomic E-state index is 0.0437. The Morgan fingerprint density at radius 3 is 2.68 bits per heavy atom. The molecular formula is C21H26N4O3. The Hall–Kier alpha value is -2.83. The van der Waals surface area contributed by atoms with Crippen LogP contribution in [-0.4, -0.2) is 53.9 Å². The van der Waals surface area contributed by atoms with E-state index in [2.05, 4.69) is 16.1 Å². The second-order valence-corrected chi connectivity index (χ2v) is 7.44. The summed E-state index contributed by atoms with van der Waals surface area (Å²) in [6, 6.07) is 9.03. The lowest BCUT2D eigenvalue weighted by atomic mass is 10.2. The van der Waals surface area contributed by atoms with Gasteiger partial charge in [0.05, 0.1) is 12.8 Å². The Bertz CT molecular complexity index is 931. The van der Waals surface area contributed by atoms with Crippen LogP contribution in [0.4, 0.5) is 5.69 Å². The maximum atomic E-state index is 13.0. The summed E-state index contributed by atoms with van der Waals surface area (Å²) in [4.78, 5) is 29.5. The summed E-state index contributed by atoms with van der Waals surface area (Å²) in [5.74, 6) is 0.782. The second-order valence-electron chi connectivity index (χ2n) is 7.44. The van der Waals surface area contributed by atoms with Crippen LogP contribution in [0.5, 0.6) is 5.75 Å². The first-order valence-electron chi connectivity index (χ1n) is 9.86. The molecule has 1 unspecified atom stereocenters. The molecule has 1 atom stereocenters. The van der Waals surface area contributed by atoms with Crippen molar-refractivity contribution in [2.24, 2.45) is 0 Å². The fourth-order valence-electron chi connectivity index (χ4n) is 4.05. The van der Waals surface area contributed by atoms with E-state index in [0.717, 1.165) is 55.0 Å². The number of piperazine rings is 1. The molecule has 1 saturated heterocycles. The number of amides is 1. The Labute approximate surface area is 164 Å². The summed E-state index contributed by atoms with van der Waals surface area (Å²) in [5.41, 5.74) is 2.91. The van der Waals surface area contributed by atoms with Crippen LogP contribution in [0.15, 0.2) is 35.1 Å². The monoisotopic (exact) mass is 382 g/mol. The molecule has 0 spiro atoms. The van der Waals surface area contributed by atoms with Gasteiger partial charge in [-0.3, -0.25) is 9.59 Å². The Morgan fingerprint density at radius 1 is 1.14 bits per heavy atom. The van der Waals surface area contributed by atoms with Crippen molar-refractivity contribution in [1.29, 1.82) is 0 Å². The zero-order valence-electron chi connectivity index (χ0n) is 16.4. The molecule has 1 aliphatic heterocycles. The molecule has 2 aromatic rings. The van der Waals surface area contributed by atoms with Crippen LogP contribution >= 0.6 is 0 Å². The van der Waals surface area contributed by atoms with Crippen LogP contribution in [-0.2, 0) is 17.6 Å². The Kier molecular flexibility index (Phi) is 5.07. The number of nitrogens with zero attached hydrogens (tertiary/aromatic N) is 4. The van der Waals surface area contributed by atoms with E-state index in [-0.39, 0.29) is 11.5 Å². The quantitative estimate of drug-likeness (QED) is 0.804. The molecule has 1 amide bonds. The number of methoxy groups -OCH3 is 1. The molecule has 1 aromatic heterocycles. The molecule has 0 bridgehead atoms. The number of fused-ring (bicyclic) bond motifs is 1. The van der Waals surface area contributed by atoms with Crippen LogP contribution in [0.2, 0.25) is 0 Å². The maximum absolute atomic E-state index is 13.0. The van der Waals surface area contributed by atoms with Crippen molar-refractivity contribution in [2.45, 2.75) is 32.2 Å². The van der Waals surface area contributed by atoms with Gasteiger partial charge in [-0.2, -0.15) is 5.10 Å². The lowest BCUT2D eigenvalue weighted by molar-refractivity contribution is -0.135. The topological polar surface area (TPSA) is 67.7 Å². The molecule has 7 nitrogen and oxygen atoms in total. The third-order valence-electron chi connectivity index (χ3n) is 5.72. The van der Waals surface area contributed by atoms with E-state index < -0.39 is 6.04 Å². The first-order valence-corrected chi connectivity index (χ1v) is 9.86. The number of ether oxygens (including phenoxy) is 1. The number of carbonyl (C=O) groups is 1. The molecule has 0 saturated carbocycles. The number of aromatic nitrogens is 2. The second kappa shape index (κ2) is 7.66. The van der Waals surface area contributed by atoms with Gasteiger partial charge in [0, 0.05) is 44.0 Å². The molecular weight excluding hydrogens is 356 g/mol. The van der Waals surface area contributed by atoms with Crippen LogP contribution in [0.1, 0.15) is 30.6 Å². The predicted octanol–water partition coefficient (Wildman–Crippen LogP) is 1.65. The van der Waals surface area contributed by atoms with Crippen molar-refractivity contribution in [2.75, 3.05) is 38.2 Å². The van der Waals surface area contributed by atoms with E-state index in [9.17, 15) is 9.59 Å². The number of aryl methyl sites for hydroxylation is 2. The van der Waals surface area contributed by atoms with Crippen molar-refractivity contribution < 1.29 is 9.53 Å². The van der Waals surface area contributed by atoms with Crippen LogP contribution < -0.4 is 15.2 Å². The molecule has 1 aromatic carbocycles. The first-order chi connectivity index (χ1) is 13.6. The van der Waals surface area contributed by atoms with Crippen LogP contribution in [0, 0.1) is 0 Å². The average Bonchev–Trinajstić information content (AvgIpc) is 3.19. The summed E-state index contributed by atoms with van der Waals surface area (Å²) in [7, 11) is 1.66. The number of hydrogen-bond acceptors (Lipinski definition) is 5. The molecule has 0 radical (unpaired) electrons. The highest BCUT2D eigenvalue weighted by Crippen LogP contribution is 2.23. The van der Waals surface area contributed by atoms with Crippen LogP contribution in [0.25, 0.3) is 0 Å².